The third-order valence-corrected chi connectivity index (χ3v) is 5.05. The van der Waals surface area contributed by atoms with Crippen molar-refractivity contribution in [1.29, 1.82) is 0 Å². The van der Waals surface area contributed by atoms with Crippen LogP contribution in [-0.2, 0) is 5.60 Å². The fraction of sp³-hybridized carbons (Fsp3) is 0.278. The van der Waals surface area contributed by atoms with Gasteiger partial charge in [-0.05, 0) is 25.0 Å². The SMILES string of the molecule is Nc1nccc(-c2cnn(-c3ccc(C(O)(C4CC4)C(F)(F)F)cn3)c2)c1[N+](=O)[O-]. The Hall–Kier alpha value is -3.54. The maximum atomic E-state index is 13.5. The fourth-order valence-electron chi connectivity index (χ4n) is 3.36. The monoisotopic (exact) mass is 420 g/mol. The lowest BCUT2D eigenvalue weighted by Crippen LogP contribution is -2.44. The molecule has 3 aromatic rings. The molecule has 1 atom stereocenters. The number of aromatic nitrogens is 4. The summed E-state index contributed by atoms with van der Waals surface area (Å²) in [6.45, 7) is 0. The zero-order chi connectivity index (χ0) is 21.7. The lowest BCUT2D eigenvalue weighted by molar-refractivity contribution is -0.383. The summed E-state index contributed by atoms with van der Waals surface area (Å²) in [5.41, 5.74) is 2.48. The minimum absolute atomic E-state index is 0.176. The van der Waals surface area contributed by atoms with E-state index in [1.807, 2.05) is 0 Å². The summed E-state index contributed by atoms with van der Waals surface area (Å²) in [4.78, 5) is 18.3. The van der Waals surface area contributed by atoms with Gasteiger partial charge < -0.3 is 10.8 Å². The van der Waals surface area contributed by atoms with E-state index in [0.717, 1.165) is 12.3 Å². The van der Waals surface area contributed by atoms with E-state index in [4.69, 9.17) is 5.73 Å². The van der Waals surface area contributed by atoms with Gasteiger partial charge in [0.25, 0.3) is 0 Å². The molecule has 4 rings (SSSR count). The largest absolute Gasteiger partial charge is 0.421 e. The predicted molar refractivity (Wildman–Crippen MR) is 98.3 cm³/mol. The Morgan fingerprint density at radius 2 is 1.93 bits per heavy atom. The summed E-state index contributed by atoms with van der Waals surface area (Å²) in [6, 6.07) is 3.86. The van der Waals surface area contributed by atoms with Crippen molar-refractivity contribution in [3.63, 3.8) is 0 Å². The van der Waals surface area contributed by atoms with Crippen molar-refractivity contribution in [3.05, 3.63) is 58.7 Å². The minimum Gasteiger partial charge on any atom is -0.378 e. The molecule has 0 bridgehead atoms. The number of hydrogen-bond acceptors (Lipinski definition) is 7. The van der Waals surface area contributed by atoms with Gasteiger partial charge in [0.1, 0.15) is 0 Å². The number of nitrogen functional groups attached to an aromatic ring is 1. The Balaban J connectivity index is 1.67. The summed E-state index contributed by atoms with van der Waals surface area (Å²) >= 11 is 0. The number of nitrogens with two attached hydrogens (primary N) is 1. The maximum Gasteiger partial charge on any atom is 0.421 e. The quantitative estimate of drug-likeness (QED) is 0.479. The van der Waals surface area contributed by atoms with Crippen molar-refractivity contribution in [2.24, 2.45) is 5.92 Å². The van der Waals surface area contributed by atoms with Crippen LogP contribution in [0.3, 0.4) is 0 Å². The number of alkyl halides is 3. The first-order chi connectivity index (χ1) is 14.1. The smallest absolute Gasteiger partial charge is 0.378 e. The standard InChI is InChI=1S/C18H15F3N6O3/c19-18(20,21)17(28,11-1-2-11)12-3-4-14(24-8-12)26-9-10(7-25-26)13-5-6-23-16(22)15(13)27(29)30/h3-9,11,28H,1-2H2,(H2,22,23). The van der Waals surface area contributed by atoms with Crippen LogP contribution in [-0.4, -0.2) is 36.0 Å². The second kappa shape index (κ2) is 6.76. The Bertz CT molecular complexity index is 1110. The van der Waals surface area contributed by atoms with Gasteiger partial charge in [-0.2, -0.15) is 18.3 Å². The lowest BCUT2D eigenvalue weighted by Gasteiger charge is -2.30. The van der Waals surface area contributed by atoms with Gasteiger partial charge in [0, 0.05) is 35.6 Å². The van der Waals surface area contributed by atoms with Crippen LogP contribution in [0.5, 0.6) is 0 Å². The molecule has 3 aromatic heterocycles. The highest BCUT2D eigenvalue weighted by molar-refractivity contribution is 5.78. The normalized spacial score (nSPS) is 16.3. The molecule has 12 heteroatoms. The zero-order valence-electron chi connectivity index (χ0n) is 15.2. The summed E-state index contributed by atoms with van der Waals surface area (Å²) in [6.07, 6.45) is 0.806. The average molecular weight is 420 g/mol. The highest BCUT2D eigenvalue weighted by atomic mass is 19.4. The molecule has 0 saturated heterocycles. The van der Waals surface area contributed by atoms with Crippen molar-refractivity contribution < 1.29 is 23.2 Å². The van der Waals surface area contributed by atoms with Crippen LogP contribution < -0.4 is 5.73 Å². The van der Waals surface area contributed by atoms with Crippen LogP contribution >= 0.6 is 0 Å². The van der Waals surface area contributed by atoms with E-state index in [1.165, 1.54) is 35.4 Å². The highest BCUT2D eigenvalue weighted by Gasteiger charge is 2.62. The summed E-state index contributed by atoms with van der Waals surface area (Å²) in [5.74, 6) is -0.964. The highest BCUT2D eigenvalue weighted by Crippen LogP contribution is 2.54. The first-order valence-electron chi connectivity index (χ1n) is 8.83. The van der Waals surface area contributed by atoms with Gasteiger partial charge in [0.2, 0.25) is 5.82 Å². The second-order valence-electron chi connectivity index (χ2n) is 6.97. The Morgan fingerprint density at radius 3 is 2.50 bits per heavy atom. The van der Waals surface area contributed by atoms with E-state index in [2.05, 4.69) is 15.1 Å². The summed E-state index contributed by atoms with van der Waals surface area (Å²) < 4.78 is 41.6. The van der Waals surface area contributed by atoms with Gasteiger partial charge in [0.15, 0.2) is 11.4 Å². The number of halogens is 3. The molecular weight excluding hydrogens is 405 g/mol. The molecule has 9 nitrogen and oxygen atoms in total. The lowest BCUT2D eigenvalue weighted by atomic mass is 9.89. The van der Waals surface area contributed by atoms with Gasteiger partial charge in [-0.25, -0.2) is 14.6 Å². The van der Waals surface area contributed by atoms with E-state index in [-0.39, 0.29) is 41.3 Å². The van der Waals surface area contributed by atoms with Gasteiger partial charge in [0.05, 0.1) is 16.7 Å². The van der Waals surface area contributed by atoms with Crippen molar-refractivity contribution in [1.82, 2.24) is 19.7 Å². The molecule has 0 spiro atoms. The number of anilines is 1. The number of pyridine rings is 2. The molecule has 0 amide bonds. The first-order valence-corrected chi connectivity index (χ1v) is 8.83. The predicted octanol–water partition coefficient (Wildman–Crippen LogP) is 2.98. The number of nitro groups is 1. The van der Waals surface area contributed by atoms with Crippen molar-refractivity contribution in [2.45, 2.75) is 24.6 Å². The van der Waals surface area contributed by atoms with Crippen LogP contribution in [0.25, 0.3) is 16.9 Å². The number of rotatable bonds is 5. The van der Waals surface area contributed by atoms with Crippen LogP contribution in [0.4, 0.5) is 24.7 Å². The van der Waals surface area contributed by atoms with Crippen LogP contribution in [0.15, 0.2) is 43.0 Å². The number of aliphatic hydroxyl groups is 1. The minimum atomic E-state index is -4.82. The Morgan fingerprint density at radius 1 is 1.20 bits per heavy atom. The fourth-order valence-corrected chi connectivity index (χ4v) is 3.36. The van der Waals surface area contributed by atoms with Crippen LogP contribution in [0, 0.1) is 16.0 Å². The van der Waals surface area contributed by atoms with Gasteiger partial charge in [-0.1, -0.05) is 6.07 Å². The van der Waals surface area contributed by atoms with E-state index in [9.17, 15) is 28.4 Å². The maximum absolute atomic E-state index is 13.5. The van der Waals surface area contributed by atoms with E-state index in [1.54, 1.807) is 0 Å². The summed E-state index contributed by atoms with van der Waals surface area (Å²) in [5, 5.41) is 25.7. The van der Waals surface area contributed by atoms with Gasteiger partial charge in [-0.15, -0.1) is 0 Å². The zero-order valence-corrected chi connectivity index (χ0v) is 15.2. The number of nitrogens with zero attached hydrogens (tertiary/aromatic N) is 5. The molecule has 30 heavy (non-hydrogen) atoms. The molecule has 1 fully saturated rings. The molecule has 1 saturated carbocycles. The molecular formula is C18H15F3N6O3. The van der Waals surface area contributed by atoms with Crippen molar-refractivity contribution >= 4 is 11.5 Å². The van der Waals surface area contributed by atoms with Crippen molar-refractivity contribution in [3.8, 4) is 16.9 Å². The van der Waals surface area contributed by atoms with E-state index in [0.29, 0.717) is 5.56 Å². The third kappa shape index (κ3) is 3.14. The molecule has 156 valence electrons. The molecule has 0 aliphatic heterocycles. The molecule has 1 aliphatic rings. The molecule has 3 heterocycles. The molecule has 0 radical (unpaired) electrons. The topological polar surface area (TPSA) is 133 Å². The molecule has 1 aliphatic carbocycles. The van der Waals surface area contributed by atoms with Crippen LogP contribution in [0.2, 0.25) is 0 Å². The third-order valence-electron chi connectivity index (χ3n) is 5.05. The van der Waals surface area contributed by atoms with E-state index < -0.39 is 22.6 Å². The Labute approximate surface area is 167 Å². The molecule has 1 unspecified atom stereocenters. The summed E-state index contributed by atoms with van der Waals surface area (Å²) in [7, 11) is 0. The van der Waals surface area contributed by atoms with Crippen LogP contribution in [0.1, 0.15) is 18.4 Å². The van der Waals surface area contributed by atoms with Gasteiger partial charge >= 0.3 is 11.9 Å². The van der Waals surface area contributed by atoms with Crippen molar-refractivity contribution in [2.75, 3.05) is 5.73 Å². The first kappa shape index (κ1) is 19.8. The average Bonchev–Trinajstić information content (AvgIpc) is 3.43. The number of hydrogen-bond donors (Lipinski definition) is 2. The molecule has 0 aromatic carbocycles. The Kier molecular flexibility index (Phi) is 4.45. The van der Waals surface area contributed by atoms with E-state index >= 15 is 0 Å². The second-order valence-corrected chi connectivity index (χ2v) is 6.97. The van der Waals surface area contributed by atoms with Gasteiger partial charge in [-0.3, -0.25) is 10.1 Å². The molecule has 3 N–H and O–H groups in total.